The molecule has 0 atom stereocenters. The summed E-state index contributed by atoms with van der Waals surface area (Å²) in [7, 11) is 1.43. The molecule has 2 aromatic carbocycles. The zero-order valence-electron chi connectivity index (χ0n) is 19.4. The second-order valence-electron chi connectivity index (χ2n) is 8.40. The Labute approximate surface area is 191 Å². The van der Waals surface area contributed by atoms with E-state index >= 15 is 0 Å². The summed E-state index contributed by atoms with van der Waals surface area (Å²) in [6.45, 7) is 4.76. The molecule has 0 saturated heterocycles. The predicted octanol–water partition coefficient (Wildman–Crippen LogP) is 6.07. The standard InChI is InChI=1S/C27H35NO4/c1-4-19(2)15-24-25(27(30)31-3)17-21(18-26(24)28-22-10-5-6-11-22)20-9-7-12-23(16-20)32-14-8-13-29/h7,9,12,15-18,22,28-29H,4-6,8,10-11,13-14H2,1-3H3. The van der Waals surface area contributed by atoms with Crippen molar-refractivity contribution in [3.8, 4) is 16.9 Å². The van der Waals surface area contributed by atoms with Crippen molar-refractivity contribution < 1.29 is 19.4 Å². The van der Waals surface area contributed by atoms with Gasteiger partial charge in [-0.2, -0.15) is 0 Å². The molecule has 32 heavy (non-hydrogen) atoms. The average Bonchev–Trinajstić information content (AvgIpc) is 3.33. The van der Waals surface area contributed by atoms with Gasteiger partial charge in [-0.1, -0.05) is 43.5 Å². The number of nitrogens with one attached hydrogen (secondary N) is 1. The third-order valence-corrected chi connectivity index (χ3v) is 5.99. The van der Waals surface area contributed by atoms with Crippen LogP contribution in [0, 0.1) is 0 Å². The van der Waals surface area contributed by atoms with E-state index in [1.807, 2.05) is 30.3 Å². The largest absolute Gasteiger partial charge is 0.493 e. The molecule has 0 radical (unpaired) electrons. The monoisotopic (exact) mass is 437 g/mol. The number of ether oxygens (including phenoxy) is 2. The zero-order chi connectivity index (χ0) is 22.9. The van der Waals surface area contributed by atoms with E-state index in [2.05, 4.69) is 31.3 Å². The van der Waals surface area contributed by atoms with Crippen molar-refractivity contribution in [3.63, 3.8) is 0 Å². The van der Waals surface area contributed by atoms with Crippen LogP contribution in [0.15, 0.2) is 42.0 Å². The van der Waals surface area contributed by atoms with Crippen LogP contribution in [0.1, 0.15) is 68.3 Å². The number of aliphatic hydroxyl groups is 1. The highest BCUT2D eigenvalue weighted by Crippen LogP contribution is 2.35. The van der Waals surface area contributed by atoms with E-state index in [0.717, 1.165) is 47.4 Å². The molecule has 1 saturated carbocycles. The molecule has 0 unspecified atom stereocenters. The Morgan fingerprint density at radius 3 is 2.66 bits per heavy atom. The second-order valence-corrected chi connectivity index (χ2v) is 8.40. The van der Waals surface area contributed by atoms with Gasteiger partial charge in [-0.25, -0.2) is 4.79 Å². The Hall–Kier alpha value is -2.79. The van der Waals surface area contributed by atoms with Gasteiger partial charge in [-0.15, -0.1) is 0 Å². The number of allylic oxidation sites excluding steroid dienone is 1. The van der Waals surface area contributed by atoms with Crippen LogP contribution in [0.5, 0.6) is 5.75 Å². The molecule has 3 rings (SSSR count). The summed E-state index contributed by atoms with van der Waals surface area (Å²) in [5, 5.41) is 12.7. The van der Waals surface area contributed by atoms with E-state index in [-0.39, 0.29) is 12.6 Å². The van der Waals surface area contributed by atoms with Gasteiger partial charge in [0, 0.05) is 30.3 Å². The van der Waals surface area contributed by atoms with Crippen molar-refractivity contribution in [1.82, 2.24) is 0 Å². The maximum absolute atomic E-state index is 12.8. The normalized spacial score (nSPS) is 14.4. The smallest absolute Gasteiger partial charge is 0.338 e. The van der Waals surface area contributed by atoms with E-state index in [0.29, 0.717) is 24.6 Å². The number of benzene rings is 2. The van der Waals surface area contributed by atoms with E-state index in [9.17, 15) is 4.79 Å². The van der Waals surface area contributed by atoms with Gasteiger partial charge in [0.2, 0.25) is 0 Å². The van der Waals surface area contributed by atoms with Gasteiger partial charge < -0.3 is 19.9 Å². The highest BCUT2D eigenvalue weighted by Gasteiger charge is 2.21. The minimum absolute atomic E-state index is 0.102. The van der Waals surface area contributed by atoms with E-state index in [4.69, 9.17) is 14.6 Å². The molecule has 0 bridgehead atoms. The maximum Gasteiger partial charge on any atom is 0.338 e. The molecule has 2 N–H and O–H groups in total. The number of carbonyl (C=O) groups excluding carboxylic acids is 1. The van der Waals surface area contributed by atoms with Crippen molar-refractivity contribution in [1.29, 1.82) is 0 Å². The van der Waals surface area contributed by atoms with Crippen molar-refractivity contribution in [3.05, 3.63) is 53.1 Å². The summed E-state index contributed by atoms with van der Waals surface area (Å²) in [5.74, 6) is 0.401. The first-order valence-corrected chi connectivity index (χ1v) is 11.6. The lowest BCUT2D eigenvalue weighted by atomic mass is 9.95. The topological polar surface area (TPSA) is 67.8 Å². The first-order valence-electron chi connectivity index (χ1n) is 11.6. The summed E-state index contributed by atoms with van der Waals surface area (Å²) >= 11 is 0. The highest BCUT2D eigenvalue weighted by atomic mass is 16.5. The van der Waals surface area contributed by atoms with E-state index in [1.165, 1.54) is 25.5 Å². The number of aliphatic hydroxyl groups excluding tert-OH is 1. The summed E-state index contributed by atoms with van der Waals surface area (Å²) in [6, 6.07) is 12.3. The number of anilines is 1. The summed E-state index contributed by atoms with van der Waals surface area (Å²) < 4.78 is 10.9. The van der Waals surface area contributed by atoms with Crippen LogP contribution in [0.2, 0.25) is 0 Å². The van der Waals surface area contributed by atoms with E-state index < -0.39 is 0 Å². The van der Waals surface area contributed by atoms with Crippen LogP contribution in [0.4, 0.5) is 5.69 Å². The fourth-order valence-electron chi connectivity index (χ4n) is 4.03. The van der Waals surface area contributed by atoms with Gasteiger partial charge in [0.05, 0.1) is 19.3 Å². The fraction of sp³-hybridized carbons (Fsp3) is 0.444. The van der Waals surface area contributed by atoms with Gasteiger partial charge in [-0.05, 0) is 61.6 Å². The number of esters is 1. The Balaban J connectivity index is 2.08. The third kappa shape index (κ3) is 6.13. The molecule has 0 aromatic heterocycles. The average molecular weight is 438 g/mol. The molecule has 1 aliphatic rings. The van der Waals surface area contributed by atoms with Crippen LogP contribution >= 0.6 is 0 Å². The highest BCUT2D eigenvalue weighted by molar-refractivity contribution is 5.98. The number of carbonyl (C=O) groups is 1. The Morgan fingerprint density at radius 2 is 1.97 bits per heavy atom. The van der Waals surface area contributed by atoms with Crippen molar-refractivity contribution in [2.75, 3.05) is 25.6 Å². The molecule has 0 spiro atoms. The van der Waals surface area contributed by atoms with Gasteiger partial charge in [0.15, 0.2) is 0 Å². The summed E-state index contributed by atoms with van der Waals surface area (Å²) in [5.41, 5.74) is 5.52. The molecular formula is C27H35NO4. The first kappa shape index (κ1) is 23.9. The Bertz CT molecular complexity index is 945. The quantitative estimate of drug-likeness (QED) is 0.349. The molecule has 0 amide bonds. The second kappa shape index (κ2) is 11.7. The van der Waals surface area contributed by atoms with E-state index in [1.54, 1.807) is 0 Å². The molecular weight excluding hydrogens is 402 g/mol. The molecule has 1 fully saturated rings. The lowest BCUT2D eigenvalue weighted by Gasteiger charge is -2.20. The van der Waals surface area contributed by atoms with Crippen LogP contribution < -0.4 is 10.1 Å². The van der Waals surface area contributed by atoms with Gasteiger partial charge in [0.1, 0.15) is 5.75 Å². The molecule has 1 aliphatic carbocycles. The molecule has 0 aliphatic heterocycles. The molecule has 2 aromatic rings. The number of rotatable bonds is 10. The van der Waals surface area contributed by atoms with Crippen molar-refractivity contribution >= 4 is 17.7 Å². The molecule has 5 heteroatoms. The SMILES string of the molecule is CCC(C)=Cc1c(NC2CCCC2)cc(-c2cccc(OCCCO)c2)cc1C(=O)OC. The van der Waals surface area contributed by atoms with Crippen LogP contribution in [-0.2, 0) is 4.74 Å². The first-order chi connectivity index (χ1) is 15.5. The minimum atomic E-state index is -0.341. The third-order valence-electron chi connectivity index (χ3n) is 5.99. The lowest BCUT2D eigenvalue weighted by Crippen LogP contribution is -2.17. The summed E-state index contributed by atoms with van der Waals surface area (Å²) in [4.78, 5) is 12.8. The van der Waals surface area contributed by atoms with Gasteiger partial charge in [0.25, 0.3) is 0 Å². The zero-order valence-corrected chi connectivity index (χ0v) is 19.4. The van der Waals surface area contributed by atoms with Gasteiger partial charge in [-0.3, -0.25) is 0 Å². The van der Waals surface area contributed by atoms with Crippen LogP contribution in [-0.4, -0.2) is 37.4 Å². The predicted molar refractivity (Wildman–Crippen MR) is 130 cm³/mol. The molecule has 172 valence electrons. The fourth-order valence-corrected chi connectivity index (χ4v) is 4.03. The van der Waals surface area contributed by atoms with Crippen molar-refractivity contribution in [2.45, 2.75) is 58.4 Å². The molecule has 5 nitrogen and oxygen atoms in total. The number of hydrogen-bond acceptors (Lipinski definition) is 5. The lowest BCUT2D eigenvalue weighted by molar-refractivity contribution is 0.0600. The van der Waals surface area contributed by atoms with Crippen LogP contribution in [0.3, 0.4) is 0 Å². The van der Waals surface area contributed by atoms with Gasteiger partial charge >= 0.3 is 5.97 Å². The number of hydrogen-bond donors (Lipinski definition) is 2. The molecule has 0 heterocycles. The Morgan fingerprint density at radius 1 is 1.19 bits per heavy atom. The Kier molecular flexibility index (Phi) is 8.74. The number of methoxy groups -OCH3 is 1. The minimum Gasteiger partial charge on any atom is -0.493 e. The summed E-state index contributed by atoms with van der Waals surface area (Å²) in [6.07, 6.45) is 8.34. The van der Waals surface area contributed by atoms with Crippen LogP contribution in [0.25, 0.3) is 17.2 Å². The van der Waals surface area contributed by atoms with Crippen molar-refractivity contribution in [2.24, 2.45) is 0 Å². The maximum atomic E-state index is 12.8.